The molecule has 0 aliphatic carbocycles. The van der Waals surface area contributed by atoms with Crippen LogP contribution in [0.1, 0.15) is 5.56 Å². The number of aromatic nitrogens is 2. The van der Waals surface area contributed by atoms with Crippen LogP contribution < -0.4 is 5.32 Å². The highest BCUT2D eigenvalue weighted by Gasteiger charge is 2.14. The van der Waals surface area contributed by atoms with Crippen LogP contribution in [0.2, 0.25) is 0 Å². The molecule has 0 fully saturated rings. The molecule has 7 nitrogen and oxygen atoms in total. The van der Waals surface area contributed by atoms with Crippen LogP contribution in [0.5, 0.6) is 0 Å². The number of ether oxygens (including phenoxy) is 2. The maximum absolute atomic E-state index is 11.9. The second kappa shape index (κ2) is 7.74. The van der Waals surface area contributed by atoms with Crippen LogP contribution in [-0.4, -0.2) is 35.7 Å². The van der Waals surface area contributed by atoms with Crippen molar-refractivity contribution in [3.63, 3.8) is 0 Å². The number of aryl methyl sites for hydroxylation is 1. The van der Waals surface area contributed by atoms with Gasteiger partial charge in [0.05, 0.1) is 31.3 Å². The van der Waals surface area contributed by atoms with Crippen LogP contribution in [0.15, 0.2) is 60.6 Å². The lowest BCUT2D eigenvalue weighted by Gasteiger charge is -2.10. The van der Waals surface area contributed by atoms with Gasteiger partial charge in [-0.2, -0.15) is 0 Å². The van der Waals surface area contributed by atoms with Crippen molar-refractivity contribution >= 4 is 28.7 Å². The van der Waals surface area contributed by atoms with Crippen molar-refractivity contribution in [2.45, 2.75) is 6.92 Å². The van der Waals surface area contributed by atoms with Crippen LogP contribution in [0, 0.1) is 6.92 Å². The van der Waals surface area contributed by atoms with E-state index in [4.69, 9.17) is 4.74 Å². The lowest BCUT2D eigenvalue weighted by Crippen LogP contribution is -2.15. The van der Waals surface area contributed by atoms with E-state index in [2.05, 4.69) is 21.1 Å². The molecule has 0 unspecified atom stereocenters. The SMILES string of the molecule is COC(=O)/C=C(/Nc1ccc2c(c1)ncn2-c1cccc(C)c1)C(=O)OC. The Morgan fingerprint density at radius 1 is 1.11 bits per heavy atom. The van der Waals surface area contributed by atoms with E-state index in [1.807, 2.05) is 35.8 Å². The second-order valence-electron chi connectivity index (χ2n) is 5.85. The maximum atomic E-state index is 11.9. The predicted octanol–water partition coefficient (Wildman–Crippen LogP) is 2.98. The molecular weight excluding hydrogens is 346 g/mol. The number of esters is 2. The monoisotopic (exact) mass is 365 g/mol. The number of fused-ring (bicyclic) bond motifs is 1. The van der Waals surface area contributed by atoms with Crippen molar-refractivity contribution in [3.05, 3.63) is 66.1 Å². The average Bonchev–Trinajstić information content (AvgIpc) is 3.10. The first-order chi connectivity index (χ1) is 13.0. The summed E-state index contributed by atoms with van der Waals surface area (Å²) in [4.78, 5) is 27.8. The van der Waals surface area contributed by atoms with E-state index in [1.165, 1.54) is 14.2 Å². The van der Waals surface area contributed by atoms with E-state index in [0.29, 0.717) is 5.69 Å². The number of methoxy groups -OCH3 is 2. The van der Waals surface area contributed by atoms with E-state index in [1.54, 1.807) is 18.5 Å². The average molecular weight is 365 g/mol. The van der Waals surface area contributed by atoms with Crippen molar-refractivity contribution in [1.29, 1.82) is 0 Å². The molecular formula is C20H19N3O4. The minimum atomic E-state index is -0.675. The first-order valence-corrected chi connectivity index (χ1v) is 8.21. The molecule has 1 heterocycles. The zero-order chi connectivity index (χ0) is 19.4. The minimum absolute atomic E-state index is 0.0261. The second-order valence-corrected chi connectivity index (χ2v) is 5.85. The van der Waals surface area contributed by atoms with Gasteiger partial charge in [-0.15, -0.1) is 0 Å². The van der Waals surface area contributed by atoms with Crippen molar-refractivity contribution in [1.82, 2.24) is 9.55 Å². The summed E-state index contributed by atoms with van der Waals surface area (Å²) in [6.07, 6.45) is 2.79. The molecule has 0 amide bonds. The topological polar surface area (TPSA) is 82.5 Å². The third kappa shape index (κ3) is 3.98. The highest BCUT2D eigenvalue weighted by atomic mass is 16.5. The molecule has 138 valence electrons. The fourth-order valence-corrected chi connectivity index (χ4v) is 2.66. The zero-order valence-corrected chi connectivity index (χ0v) is 15.2. The van der Waals surface area contributed by atoms with E-state index in [0.717, 1.165) is 28.4 Å². The van der Waals surface area contributed by atoms with E-state index >= 15 is 0 Å². The van der Waals surface area contributed by atoms with Gasteiger partial charge in [-0.1, -0.05) is 12.1 Å². The van der Waals surface area contributed by atoms with E-state index in [9.17, 15) is 9.59 Å². The summed E-state index contributed by atoms with van der Waals surface area (Å²) in [7, 11) is 2.47. The van der Waals surface area contributed by atoms with Crippen molar-refractivity contribution in [2.24, 2.45) is 0 Å². The number of carbonyl (C=O) groups excluding carboxylic acids is 2. The molecule has 3 rings (SSSR count). The van der Waals surface area contributed by atoms with Gasteiger partial charge in [0.15, 0.2) is 0 Å². The number of hydrogen-bond donors (Lipinski definition) is 1. The molecule has 1 aromatic heterocycles. The predicted molar refractivity (Wildman–Crippen MR) is 102 cm³/mol. The van der Waals surface area contributed by atoms with Crippen LogP contribution >= 0.6 is 0 Å². The molecule has 0 atom stereocenters. The van der Waals surface area contributed by atoms with Crippen molar-refractivity contribution in [3.8, 4) is 5.69 Å². The number of rotatable bonds is 5. The summed E-state index contributed by atoms with van der Waals surface area (Å²) in [6.45, 7) is 2.03. The summed E-state index contributed by atoms with van der Waals surface area (Å²) in [5.74, 6) is -1.33. The Morgan fingerprint density at radius 3 is 2.63 bits per heavy atom. The number of hydrogen-bond acceptors (Lipinski definition) is 6. The first kappa shape index (κ1) is 18.2. The molecule has 2 aromatic carbocycles. The molecule has 7 heteroatoms. The van der Waals surface area contributed by atoms with Gasteiger partial charge in [0, 0.05) is 11.4 Å². The Kier molecular flexibility index (Phi) is 5.21. The summed E-state index contributed by atoms with van der Waals surface area (Å²) in [5.41, 5.74) is 4.40. The normalized spacial score (nSPS) is 11.3. The van der Waals surface area contributed by atoms with Gasteiger partial charge < -0.3 is 14.8 Å². The molecule has 1 N–H and O–H groups in total. The van der Waals surface area contributed by atoms with E-state index < -0.39 is 11.9 Å². The van der Waals surface area contributed by atoms with Gasteiger partial charge in [0.25, 0.3) is 0 Å². The Hall–Kier alpha value is -3.61. The lowest BCUT2D eigenvalue weighted by atomic mass is 10.2. The lowest BCUT2D eigenvalue weighted by molar-refractivity contribution is -0.138. The third-order valence-electron chi connectivity index (χ3n) is 3.97. The van der Waals surface area contributed by atoms with Gasteiger partial charge in [-0.3, -0.25) is 4.57 Å². The molecule has 0 aliphatic heterocycles. The maximum Gasteiger partial charge on any atom is 0.354 e. The Balaban J connectivity index is 1.94. The zero-order valence-electron chi connectivity index (χ0n) is 15.2. The first-order valence-electron chi connectivity index (χ1n) is 8.21. The van der Waals surface area contributed by atoms with Crippen LogP contribution in [0.3, 0.4) is 0 Å². The highest BCUT2D eigenvalue weighted by Crippen LogP contribution is 2.23. The molecule has 0 aliphatic rings. The number of imidazole rings is 1. The molecule has 0 bridgehead atoms. The molecule has 0 spiro atoms. The van der Waals surface area contributed by atoms with Gasteiger partial charge in [0.1, 0.15) is 12.0 Å². The number of nitrogens with zero attached hydrogens (tertiary/aromatic N) is 2. The fraction of sp³-hybridized carbons (Fsp3) is 0.150. The Labute approximate surface area is 156 Å². The third-order valence-corrected chi connectivity index (χ3v) is 3.97. The molecule has 0 saturated heterocycles. The Morgan fingerprint density at radius 2 is 1.93 bits per heavy atom. The molecule has 0 saturated carbocycles. The fourth-order valence-electron chi connectivity index (χ4n) is 2.66. The molecule has 0 radical (unpaired) electrons. The van der Waals surface area contributed by atoms with E-state index in [-0.39, 0.29) is 5.70 Å². The van der Waals surface area contributed by atoms with Crippen LogP contribution in [0.25, 0.3) is 16.7 Å². The van der Waals surface area contributed by atoms with Gasteiger partial charge in [-0.05, 0) is 42.8 Å². The summed E-state index contributed by atoms with van der Waals surface area (Å²) < 4.78 is 11.2. The largest absolute Gasteiger partial charge is 0.466 e. The number of anilines is 1. The summed E-state index contributed by atoms with van der Waals surface area (Å²) in [6, 6.07) is 13.6. The Bertz CT molecular complexity index is 1040. The van der Waals surface area contributed by atoms with Crippen LogP contribution in [-0.2, 0) is 19.1 Å². The summed E-state index contributed by atoms with van der Waals surface area (Å²) >= 11 is 0. The highest BCUT2D eigenvalue weighted by molar-refractivity contribution is 5.99. The van der Waals surface area contributed by atoms with Gasteiger partial charge in [0.2, 0.25) is 0 Å². The van der Waals surface area contributed by atoms with Crippen LogP contribution in [0.4, 0.5) is 5.69 Å². The smallest absolute Gasteiger partial charge is 0.354 e. The van der Waals surface area contributed by atoms with Gasteiger partial charge in [-0.25, -0.2) is 14.6 Å². The molecule has 27 heavy (non-hydrogen) atoms. The number of benzene rings is 2. The van der Waals surface area contributed by atoms with Crippen molar-refractivity contribution in [2.75, 3.05) is 19.5 Å². The quantitative estimate of drug-likeness (QED) is 0.553. The summed E-state index contributed by atoms with van der Waals surface area (Å²) in [5, 5.41) is 2.88. The number of nitrogens with one attached hydrogen (secondary N) is 1. The van der Waals surface area contributed by atoms with Gasteiger partial charge >= 0.3 is 11.9 Å². The minimum Gasteiger partial charge on any atom is -0.466 e. The standard InChI is InChI=1S/C20H19N3O4/c1-13-5-4-6-15(9-13)23-12-21-16-10-14(7-8-18(16)23)22-17(20(25)27-3)11-19(24)26-2/h4-12,22H,1-3H3/b17-11+. The van der Waals surface area contributed by atoms with Crippen molar-refractivity contribution < 1.29 is 19.1 Å². The molecule has 3 aromatic rings. The number of carbonyl (C=O) groups is 2.